The van der Waals surface area contributed by atoms with E-state index in [1.807, 2.05) is 0 Å². The molecule has 2 aliphatic rings. The highest BCUT2D eigenvalue weighted by Gasteiger charge is 2.29. The summed E-state index contributed by atoms with van der Waals surface area (Å²) in [7, 11) is 0. The molecule has 3 rings (SSSR count). The van der Waals surface area contributed by atoms with Crippen molar-refractivity contribution < 1.29 is 9.18 Å². The molecule has 1 heterocycles. The third-order valence-corrected chi connectivity index (χ3v) is 5.07. The van der Waals surface area contributed by atoms with Gasteiger partial charge in [0.1, 0.15) is 5.82 Å². The summed E-state index contributed by atoms with van der Waals surface area (Å²) in [5.74, 6) is 0.350. The van der Waals surface area contributed by atoms with Gasteiger partial charge in [-0.15, -0.1) is 0 Å². The van der Waals surface area contributed by atoms with Crippen LogP contribution in [0.4, 0.5) is 4.39 Å². The number of halogens is 1. The second kappa shape index (κ2) is 7.41. The summed E-state index contributed by atoms with van der Waals surface area (Å²) in [4.78, 5) is 14.2. The minimum Gasteiger partial charge on any atom is -0.351 e. The van der Waals surface area contributed by atoms with E-state index in [-0.39, 0.29) is 23.8 Å². The molecule has 1 aromatic carbocycles. The predicted molar refractivity (Wildman–Crippen MR) is 88.4 cm³/mol. The molecule has 1 saturated carbocycles. The van der Waals surface area contributed by atoms with E-state index in [4.69, 9.17) is 5.73 Å². The fourth-order valence-electron chi connectivity index (χ4n) is 3.85. The molecule has 1 aromatic rings. The Morgan fingerprint density at radius 1 is 1.22 bits per heavy atom. The summed E-state index contributed by atoms with van der Waals surface area (Å²) < 4.78 is 13.0. The summed E-state index contributed by atoms with van der Waals surface area (Å²) in [6, 6.07) is 6.87. The lowest BCUT2D eigenvalue weighted by molar-refractivity contribution is -0.125. The topological polar surface area (TPSA) is 58.4 Å². The van der Waals surface area contributed by atoms with Crippen molar-refractivity contribution in [1.29, 1.82) is 0 Å². The molecule has 3 atom stereocenters. The average Bonchev–Trinajstić information content (AvgIpc) is 2.51. The van der Waals surface area contributed by atoms with Gasteiger partial charge in [0.2, 0.25) is 5.91 Å². The molecule has 3 unspecified atom stereocenters. The number of carbonyl (C=O) groups excluding carboxylic acids is 1. The van der Waals surface area contributed by atoms with Crippen LogP contribution in [-0.2, 0) is 11.2 Å². The maximum atomic E-state index is 13.0. The molecule has 1 aliphatic carbocycles. The Kier molecular flexibility index (Phi) is 5.28. The van der Waals surface area contributed by atoms with Gasteiger partial charge in [-0.25, -0.2) is 4.39 Å². The van der Waals surface area contributed by atoms with Crippen molar-refractivity contribution in [3.63, 3.8) is 0 Å². The van der Waals surface area contributed by atoms with E-state index in [0.29, 0.717) is 12.5 Å². The molecule has 5 heteroatoms. The Labute approximate surface area is 137 Å². The Bertz CT molecular complexity index is 534. The van der Waals surface area contributed by atoms with Gasteiger partial charge in [0.25, 0.3) is 0 Å². The molecular weight excluding hydrogens is 293 g/mol. The van der Waals surface area contributed by atoms with Gasteiger partial charge >= 0.3 is 0 Å². The maximum Gasteiger partial charge on any atom is 0.234 e. The monoisotopic (exact) mass is 319 g/mol. The molecule has 2 fully saturated rings. The van der Waals surface area contributed by atoms with Gasteiger partial charge in [0, 0.05) is 25.2 Å². The van der Waals surface area contributed by atoms with Crippen molar-refractivity contribution in [2.24, 2.45) is 11.7 Å². The number of hydrogen-bond acceptors (Lipinski definition) is 3. The number of rotatable bonds is 4. The van der Waals surface area contributed by atoms with E-state index in [0.717, 1.165) is 31.5 Å². The number of piperazine rings is 1. The lowest BCUT2D eigenvalue weighted by atomic mass is 9.84. The second-order valence-corrected chi connectivity index (χ2v) is 7.00. The number of nitrogens with two attached hydrogens (primary N) is 1. The Hall–Kier alpha value is -1.46. The second-order valence-electron chi connectivity index (χ2n) is 7.00. The van der Waals surface area contributed by atoms with Crippen LogP contribution in [0.3, 0.4) is 0 Å². The molecule has 0 bridgehead atoms. The van der Waals surface area contributed by atoms with Crippen molar-refractivity contribution in [3.05, 3.63) is 35.6 Å². The van der Waals surface area contributed by atoms with Crippen LogP contribution in [-0.4, -0.2) is 42.5 Å². The fourth-order valence-corrected chi connectivity index (χ4v) is 3.85. The number of amides is 1. The predicted octanol–water partition coefficient (Wildman–Crippen LogP) is 1.69. The summed E-state index contributed by atoms with van der Waals surface area (Å²) in [5, 5.41) is 3.05. The molecular formula is C18H26FN3O. The smallest absolute Gasteiger partial charge is 0.234 e. The summed E-state index contributed by atoms with van der Waals surface area (Å²) in [5.41, 5.74) is 7.29. The van der Waals surface area contributed by atoms with E-state index < -0.39 is 0 Å². The number of benzene rings is 1. The van der Waals surface area contributed by atoms with Crippen molar-refractivity contribution in [3.8, 4) is 0 Å². The molecule has 1 amide bonds. The van der Waals surface area contributed by atoms with Crippen molar-refractivity contribution >= 4 is 5.91 Å². The molecule has 0 aromatic heterocycles. The highest BCUT2D eigenvalue weighted by atomic mass is 19.1. The number of carbonyl (C=O) groups is 1. The first-order valence-corrected chi connectivity index (χ1v) is 8.62. The standard InChI is InChI=1S/C18H26FN3O/c19-15-7-5-13(6-8-15)9-16-11-22(12-18(23)21-16)10-14-3-1-2-4-17(14)20/h5-8,14,16-17H,1-4,9-12,20H2,(H,21,23). The fraction of sp³-hybridized carbons (Fsp3) is 0.611. The zero-order chi connectivity index (χ0) is 16.2. The lowest BCUT2D eigenvalue weighted by Crippen LogP contribution is -2.56. The van der Waals surface area contributed by atoms with Crippen LogP contribution >= 0.6 is 0 Å². The highest BCUT2D eigenvalue weighted by Crippen LogP contribution is 2.24. The van der Waals surface area contributed by atoms with E-state index in [1.54, 1.807) is 12.1 Å². The van der Waals surface area contributed by atoms with E-state index >= 15 is 0 Å². The van der Waals surface area contributed by atoms with Gasteiger partial charge in [-0.05, 0) is 42.9 Å². The van der Waals surface area contributed by atoms with Crippen molar-refractivity contribution in [1.82, 2.24) is 10.2 Å². The number of hydrogen-bond donors (Lipinski definition) is 2. The van der Waals surface area contributed by atoms with Gasteiger partial charge in [-0.3, -0.25) is 9.69 Å². The number of nitrogens with zero attached hydrogens (tertiary/aromatic N) is 1. The minimum atomic E-state index is -0.227. The zero-order valence-corrected chi connectivity index (χ0v) is 13.5. The van der Waals surface area contributed by atoms with Crippen LogP contribution < -0.4 is 11.1 Å². The van der Waals surface area contributed by atoms with Gasteiger partial charge in [0.05, 0.1) is 6.54 Å². The minimum absolute atomic E-state index is 0.0766. The SMILES string of the molecule is NC1CCCCC1CN1CC(=O)NC(Cc2ccc(F)cc2)C1. The molecule has 126 valence electrons. The highest BCUT2D eigenvalue weighted by molar-refractivity contribution is 5.79. The summed E-state index contributed by atoms with van der Waals surface area (Å²) in [6.45, 7) is 2.21. The Morgan fingerprint density at radius 2 is 1.96 bits per heavy atom. The average molecular weight is 319 g/mol. The quantitative estimate of drug-likeness (QED) is 0.888. The number of nitrogens with one attached hydrogen (secondary N) is 1. The molecule has 4 nitrogen and oxygen atoms in total. The molecule has 3 N–H and O–H groups in total. The van der Waals surface area contributed by atoms with Crippen molar-refractivity contribution in [2.45, 2.75) is 44.2 Å². The summed E-state index contributed by atoms with van der Waals surface area (Å²) >= 11 is 0. The lowest BCUT2D eigenvalue weighted by Gasteiger charge is -2.38. The largest absolute Gasteiger partial charge is 0.351 e. The first kappa shape index (κ1) is 16.4. The van der Waals surface area contributed by atoms with Crippen LogP contribution in [0.5, 0.6) is 0 Å². The Balaban J connectivity index is 1.57. The van der Waals surface area contributed by atoms with Gasteiger partial charge in [-0.2, -0.15) is 0 Å². The van der Waals surface area contributed by atoms with Crippen LogP contribution in [0.2, 0.25) is 0 Å². The molecule has 0 spiro atoms. The normalized spacial score (nSPS) is 29.3. The third kappa shape index (κ3) is 4.52. The third-order valence-electron chi connectivity index (χ3n) is 5.07. The van der Waals surface area contributed by atoms with E-state index in [9.17, 15) is 9.18 Å². The first-order valence-electron chi connectivity index (χ1n) is 8.62. The van der Waals surface area contributed by atoms with Crippen LogP contribution in [0.15, 0.2) is 24.3 Å². The van der Waals surface area contributed by atoms with Crippen LogP contribution in [0.25, 0.3) is 0 Å². The van der Waals surface area contributed by atoms with Gasteiger partial charge in [0.15, 0.2) is 0 Å². The van der Waals surface area contributed by atoms with Crippen molar-refractivity contribution in [2.75, 3.05) is 19.6 Å². The molecule has 0 radical (unpaired) electrons. The molecule has 23 heavy (non-hydrogen) atoms. The molecule has 1 aliphatic heterocycles. The van der Waals surface area contributed by atoms with Gasteiger partial charge in [-0.1, -0.05) is 25.0 Å². The van der Waals surface area contributed by atoms with E-state index in [1.165, 1.54) is 31.4 Å². The summed E-state index contributed by atoms with van der Waals surface area (Å²) in [6.07, 6.45) is 5.48. The van der Waals surface area contributed by atoms with Crippen LogP contribution in [0.1, 0.15) is 31.2 Å². The van der Waals surface area contributed by atoms with E-state index in [2.05, 4.69) is 10.2 Å². The van der Waals surface area contributed by atoms with Crippen LogP contribution in [0, 0.1) is 11.7 Å². The molecule has 1 saturated heterocycles. The zero-order valence-electron chi connectivity index (χ0n) is 13.5. The first-order chi connectivity index (χ1) is 11.1. The van der Waals surface area contributed by atoms with Gasteiger partial charge < -0.3 is 11.1 Å². The maximum absolute atomic E-state index is 13.0. The Morgan fingerprint density at radius 3 is 2.70 bits per heavy atom.